The highest BCUT2D eigenvalue weighted by molar-refractivity contribution is 5.84. The first-order valence-electron chi connectivity index (χ1n) is 9.86. The molecule has 7 heteroatoms. The molecule has 0 radical (unpaired) electrons. The highest BCUT2D eigenvalue weighted by Gasteiger charge is 2.31. The summed E-state index contributed by atoms with van der Waals surface area (Å²) < 4.78 is 5.23. The third-order valence-corrected chi connectivity index (χ3v) is 5.24. The highest BCUT2D eigenvalue weighted by Crippen LogP contribution is 2.29. The topological polar surface area (TPSA) is 82.4 Å². The molecule has 1 saturated heterocycles. The molecule has 1 atom stereocenters. The van der Waals surface area contributed by atoms with Crippen molar-refractivity contribution >= 4 is 11.9 Å². The van der Waals surface area contributed by atoms with E-state index in [1.54, 1.807) is 13.2 Å². The quantitative estimate of drug-likeness (QED) is 0.777. The fourth-order valence-corrected chi connectivity index (χ4v) is 3.70. The summed E-state index contributed by atoms with van der Waals surface area (Å²) in [6.45, 7) is 8.52. The standard InChI is InChI=1S/C22H27N5O2/c1-15(2)20(17-5-7-19(29-4)8-6-17)21(28)26-9-11-27(12-10-26)22-24-16(3)13-18(14-23)25-22/h5-8,13,15,20H,9-12H2,1-4H3. The number of rotatable bonds is 5. The van der Waals surface area contributed by atoms with Gasteiger partial charge in [0.25, 0.3) is 0 Å². The van der Waals surface area contributed by atoms with Gasteiger partial charge < -0.3 is 14.5 Å². The lowest BCUT2D eigenvalue weighted by Crippen LogP contribution is -2.51. The number of carbonyl (C=O) groups is 1. The van der Waals surface area contributed by atoms with Crippen LogP contribution in [-0.4, -0.2) is 54.1 Å². The van der Waals surface area contributed by atoms with Crippen molar-refractivity contribution in [3.63, 3.8) is 0 Å². The number of benzene rings is 1. The maximum Gasteiger partial charge on any atom is 0.230 e. The third kappa shape index (κ3) is 4.65. The average molecular weight is 393 g/mol. The monoisotopic (exact) mass is 393 g/mol. The second-order valence-corrected chi connectivity index (χ2v) is 7.61. The Kier molecular flexibility index (Phi) is 6.32. The van der Waals surface area contributed by atoms with Gasteiger partial charge in [-0.15, -0.1) is 0 Å². The van der Waals surface area contributed by atoms with Gasteiger partial charge >= 0.3 is 0 Å². The first kappa shape index (κ1) is 20.6. The molecule has 0 spiro atoms. The Morgan fingerprint density at radius 1 is 1.14 bits per heavy atom. The largest absolute Gasteiger partial charge is 0.497 e. The second kappa shape index (κ2) is 8.91. The zero-order valence-corrected chi connectivity index (χ0v) is 17.4. The molecule has 1 amide bonds. The molecule has 1 aliphatic rings. The summed E-state index contributed by atoms with van der Waals surface area (Å²) in [5, 5.41) is 9.13. The Hall–Kier alpha value is -3.14. The number of amides is 1. The Bertz CT molecular complexity index is 896. The minimum Gasteiger partial charge on any atom is -0.497 e. The SMILES string of the molecule is COc1ccc(C(C(=O)N2CCN(c3nc(C)cc(C#N)n3)CC2)C(C)C)cc1. The van der Waals surface area contributed by atoms with Crippen LogP contribution >= 0.6 is 0 Å². The molecule has 1 fully saturated rings. The van der Waals surface area contributed by atoms with E-state index in [1.807, 2.05) is 41.0 Å². The highest BCUT2D eigenvalue weighted by atomic mass is 16.5. The molecule has 3 rings (SSSR count). The Morgan fingerprint density at radius 2 is 1.79 bits per heavy atom. The first-order chi connectivity index (χ1) is 13.9. The number of anilines is 1. The average Bonchev–Trinajstić information content (AvgIpc) is 2.73. The van der Waals surface area contributed by atoms with Crippen LogP contribution in [0.15, 0.2) is 30.3 Å². The minimum atomic E-state index is -0.187. The molecule has 0 aliphatic carbocycles. The smallest absolute Gasteiger partial charge is 0.230 e. The number of hydrogen-bond donors (Lipinski definition) is 0. The van der Waals surface area contributed by atoms with Crippen LogP contribution in [0, 0.1) is 24.2 Å². The zero-order valence-electron chi connectivity index (χ0n) is 17.4. The van der Waals surface area contributed by atoms with Crippen molar-refractivity contribution in [3.05, 3.63) is 47.3 Å². The number of ether oxygens (including phenoxy) is 1. The fourth-order valence-electron chi connectivity index (χ4n) is 3.70. The third-order valence-electron chi connectivity index (χ3n) is 5.24. The molecule has 2 aromatic rings. The lowest BCUT2D eigenvalue weighted by Gasteiger charge is -2.37. The lowest BCUT2D eigenvalue weighted by atomic mass is 9.87. The maximum atomic E-state index is 13.3. The van der Waals surface area contributed by atoms with Crippen LogP contribution in [-0.2, 0) is 4.79 Å². The predicted octanol–water partition coefficient (Wildman–Crippen LogP) is 2.75. The number of aryl methyl sites for hydroxylation is 1. The number of hydrogen-bond acceptors (Lipinski definition) is 6. The summed E-state index contributed by atoms with van der Waals surface area (Å²) in [4.78, 5) is 26.0. The summed E-state index contributed by atoms with van der Waals surface area (Å²) in [6, 6.07) is 11.5. The van der Waals surface area contributed by atoms with Gasteiger partial charge in [-0.3, -0.25) is 4.79 Å². The van der Waals surface area contributed by atoms with Crippen molar-refractivity contribution in [2.45, 2.75) is 26.7 Å². The van der Waals surface area contributed by atoms with E-state index in [0.717, 1.165) is 17.0 Å². The molecule has 152 valence electrons. The van der Waals surface area contributed by atoms with Gasteiger partial charge in [0.1, 0.15) is 17.5 Å². The number of aromatic nitrogens is 2. The molecule has 1 aliphatic heterocycles. The molecule has 7 nitrogen and oxygen atoms in total. The molecule has 0 N–H and O–H groups in total. The van der Waals surface area contributed by atoms with Gasteiger partial charge in [0.05, 0.1) is 13.0 Å². The van der Waals surface area contributed by atoms with Gasteiger partial charge in [-0.2, -0.15) is 5.26 Å². The van der Waals surface area contributed by atoms with Crippen molar-refractivity contribution in [1.29, 1.82) is 5.26 Å². The summed E-state index contributed by atoms with van der Waals surface area (Å²) in [5.74, 6) is 1.49. The van der Waals surface area contributed by atoms with Crippen LogP contribution < -0.4 is 9.64 Å². The molecule has 1 aromatic carbocycles. The van der Waals surface area contributed by atoms with Gasteiger partial charge in [0.15, 0.2) is 0 Å². The minimum absolute atomic E-state index is 0.146. The zero-order chi connectivity index (χ0) is 21.0. The van der Waals surface area contributed by atoms with Crippen LogP contribution in [0.4, 0.5) is 5.95 Å². The molecule has 1 unspecified atom stereocenters. The van der Waals surface area contributed by atoms with E-state index in [2.05, 4.69) is 29.9 Å². The number of piperazine rings is 1. The Balaban J connectivity index is 1.71. The van der Waals surface area contributed by atoms with E-state index in [1.165, 1.54) is 0 Å². The Labute approximate surface area is 171 Å². The first-order valence-corrected chi connectivity index (χ1v) is 9.86. The van der Waals surface area contributed by atoms with Gasteiger partial charge in [0, 0.05) is 31.9 Å². The molecule has 0 bridgehead atoms. The second-order valence-electron chi connectivity index (χ2n) is 7.61. The van der Waals surface area contributed by atoms with E-state index in [4.69, 9.17) is 10.00 Å². The van der Waals surface area contributed by atoms with Crippen molar-refractivity contribution in [1.82, 2.24) is 14.9 Å². The van der Waals surface area contributed by atoms with E-state index in [9.17, 15) is 4.79 Å². The van der Waals surface area contributed by atoms with Crippen LogP contribution in [0.1, 0.15) is 36.7 Å². The van der Waals surface area contributed by atoms with E-state index in [0.29, 0.717) is 37.8 Å². The number of nitriles is 1. The maximum absolute atomic E-state index is 13.3. The Morgan fingerprint density at radius 3 is 2.34 bits per heavy atom. The number of carbonyl (C=O) groups excluding carboxylic acids is 1. The summed E-state index contributed by atoms with van der Waals surface area (Å²) in [5.41, 5.74) is 2.14. The van der Waals surface area contributed by atoms with Crippen molar-refractivity contribution in [3.8, 4) is 11.8 Å². The molecule has 0 saturated carbocycles. The van der Waals surface area contributed by atoms with Gasteiger partial charge in [0.2, 0.25) is 11.9 Å². The predicted molar refractivity (Wildman–Crippen MR) is 111 cm³/mol. The van der Waals surface area contributed by atoms with Crippen molar-refractivity contribution in [2.24, 2.45) is 5.92 Å². The molecule has 1 aromatic heterocycles. The number of nitrogens with zero attached hydrogens (tertiary/aromatic N) is 5. The van der Waals surface area contributed by atoms with E-state index < -0.39 is 0 Å². The number of methoxy groups -OCH3 is 1. The van der Waals surface area contributed by atoms with Crippen LogP contribution in [0.3, 0.4) is 0 Å². The van der Waals surface area contributed by atoms with Crippen molar-refractivity contribution < 1.29 is 9.53 Å². The fraction of sp³-hybridized carbons (Fsp3) is 0.455. The summed E-state index contributed by atoms with van der Waals surface area (Å²) in [7, 11) is 1.64. The molecule has 2 heterocycles. The molecule has 29 heavy (non-hydrogen) atoms. The van der Waals surface area contributed by atoms with Gasteiger partial charge in [-0.05, 0) is 36.6 Å². The van der Waals surface area contributed by atoms with Crippen LogP contribution in [0.25, 0.3) is 0 Å². The summed E-state index contributed by atoms with van der Waals surface area (Å²) >= 11 is 0. The van der Waals surface area contributed by atoms with Crippen LogP contribution in [0.5, 0.6) is 5.75 Å². The van der Waals surface area contributed by atoms with Crippen LogP contribution in [0.2, 0.25) is 0 Å². The van der Waals surface area contributed by atoms with E-state index in [-0.39, 0.29) is 17.7 Å². The van der Waals surface area contributed by atoms with Crippen molar-refractivity contribution in [2.75, 3.05) is 38.2 Å². The van der Waals surface area contributed by atoms with Gasteiger partial charge in [-0.1, -0.05) is 26.0 Å². The molecular weight excluding hydrogens is 366 g/mol. The normalized spacial score (nSPS) is 15.2. The lowest BCUT2D eigenvalue weighted by molar-refractivity contribution is -0.134. The van der Waals surface area contributed by atoms with Gasteiger partial charge in [-0.25, -0.2) is 9.97 Å². The van der Waals surface area contributed by atoms with E-state index >= 15 is 0 Å². The molecular formula is C22H27N5O2. The summed E-state index contributed by atoms with van der Waals surface area (Å²) in [6.07, 6.45) is 0.